The molecule has 2 N–H and O–H groups in total. The van der Waals surface area contributed by atoms with E-state index in [1.807, 2.05) is 0 Å². The molecule has 0 aliphatic carbocycles. The molecule has 1 amide bonds. The Morgan fingerprint density at radius 2 is 2.07 bits per heavy atom. The number of benzene rings is 2. The van der Waals surface area contributed by atoms with Gasteiger partial charge in [-0.15, -0.1) is 0 Å². The molecule has 0 aromatic heterocycles. The molecule has 10 heteroatoms. The number of aromatic hydroxyl groups is 1. The summed E-state index contributed by atoms with van der Waals surface area (Å²) in [5.74, 6) is -0.194. The van der Waals surface area contributed by atoms with Crippen LogP contribution in [0.3, 0.4) is 0 Å². The second-order valence-electron chi connectivity index (χ2n) is 6.62. The monoisotopic (exact) mass is 451 g/mol. The Labute approximate surface area is 180 Å². The fourth-order valence-electron chi connectivity index (χ4n) is 3.16. The van der Waals surface area contributed by atoms with E-state index in [4.69, 9.17) is 16.3 Å². The Morgan fingerprint density at radius 1 is 1.33 bits per heavy atom. The van der Waals surface area contributed by atoms with E-state index < -0.39 is 22.0 Å². The van der Waals surface area contributed by atoms with Crippen LogP contribution in [0.4, 0.5) is 0 Å². The van der Waals surface area contributed by atoms with Crippen LogP contribution in [0, 0.1) is 0 Å². The van der Waals surface area contributed by atoms with E-state index in [1.165, 1.54) is 40.9 Å². The van der Waals surface area contributed by atoms with E-state index in [1.54, 1.807) is 19.1 Å². The summed E-state index contributed by atoms with van der Waals surface area (Å²) in [5, 5.41) is 14.1. The number of sulfonamides is 1. The van der Waals surface area contributed by atoms with Crippen LogP contribution in [0.25, 0.3) is 0 Å². The third kappa shape index (κ3) is 4.92. The molecule has 1 atom stereocenters. The first-order chi connectivity index (χ1) is 14.3. The minimum atomic E-state index is -3.83. The molecule has 0 spiro atoms. The number of nitrogens with one attached hydrogen (secondary N) is 1. The van der Waals surface area contributed by atoms with Gasteiger partial charge in [0.05, 0.1) is 17.7 Å². The van der Waals surface area contributed by atoms with E-state index in [2.05, 4.69) is 10.5 Å². The summed E-state index contributed by atoms with van der Waals surface area (Å²) in [4.78, 5) is 12.7. The van der Waals surface area contributed by atoms with Gasteiger partial charge in [0.25, 0.3) is 5.91 Å². The lowest BCUT2D eigenvalue weighted by Gasteiger charge is -2.22. The van der Waals surface area contributed by atoms with E-state index in [0.717, 1.165) is 0 Å². The number of amides is 1. The molecule has 2 aromatic carbocycles. The minimum Gasteiger partial charge on any atom is -0.504 e. The van der Waals surface area contributed by atoms with Crippen molar-refractivity contribution in [2.75, 3.05) is 13.2 Å². The number of rotatable bonds is 7. The third-order valence-corrected chi connectivity index (χ3v) is 6.77. The number of phenols is 1. The van der Waals surface area contributed by atoms with Gasteiger partial charge in [-0.25, -0.2) is 13.8 Å². The van der Waals surface area contributed by atoms with Crippen molar-refractivity contribution in [3.63, 3.8) is 0 Å². The van der Waals surface area contributed by atoms with E-state index in [-0.39, 0.29) is 17.2 Å². The highest BCUT2D eigenvalue weighted by molar-refractivity contribution is 7.89. The highest BCUT2D eigenvalue weighted by Gasteiger charge is 2.39. The number of ether oxygens (including phenoxy) is 1. The zero-order valence-electron chi connectivity index (χ0n) is 16.3. The average molecular weight is 452 g/mol. The Balaban J connectivity index is 1.69. The van der Waals surface area contributed by atoms with Crippen LogP contribution in [-0.2, 0) is 14.8 Å². The highest BCUT2D eigenvalue weighted by atomic mass is 35.5. The van der Waals surface area contributed by atoms with Crippen LogP contribution in [0.1, 0.15) is 25.3 Å². The van der Waals surface area contributed by atoms with Gasteiger partial charge < -0.3 is 9.84 Å². The molecule has 30 heavy (non-hydrogen) atoms. The number of carbonyl (C=O) groups excluding carboxylic acids is 1. The van der Waals surface area contributed by atoms with Gasteiger partial charge in [-0.1, -0.05) is 11.6 Å². The first-order valence-corrected chi connectivity index (χ1v) is 11.2. The van der Waals surface area contributed by atoms with E-state index in [0.29, 0.717) is 35.8 Å². The predicted octanol–water partition coefficient (Wildman–Crippen LogP) is 2.75. The molecule has 0 bridgehead atoms. The SMILES string of the molecule is CCOc1cc(/C=N\NC(=O)[C@@H]2CCCN2S(=O)(=O)c2ccc(Cl)cc2)ccc1O. The standard InChI is InChI=1S/C20H22ClN3O5S/c1-2-29-19-12-14(5-10-18(19)25)13-22-23-20(26)17-4-3-11-24(17)30(27,28)16-8-6-15(21)7-9-16/h5-10,12-13,17,25H,2-4,11H2,1H3,(H,23,26)/b22-13-/t17-/m0/s1. The van der Waals surface area contributed by atoms with Gasteiger partial charge in [0, 0.05) is 11.6 Å². The third-order valence-electron chi connectivity index (χ3n) is 4.60. The van der Waals surface area contributed by atoms with Crippen LogP contribution < -0.4 is 10.2 Å². The van der Waals surface area contributed by atoms with Gasteiger partial charge >= 0.3 is 0 Å². The molecule has 160 valence electrons. The lowest BCUT2D eigenvalue weighted by molar-refractivity contribution is -0.124. The quantitative estimate of drug-likeness (QED) is 0.497. The summed E-state index contributed by atoms with van der Waals surface area (Å²) >= 11 is 5.83. The Hall–Kier alpha value is -2.62. The Bertz CT molecular complexity index is 1040. The number of phenolic OH excluding ortho intramolecular Hbond substituents is 1. The van der Waals surface area contributed by atoms with Crippen LogP contribution in [0.5, 0.6) is 11.5 Å². The molecule has 0 unspecified atom stereocenters. The first kappa shape index (κ1) is 22.1. The van der Waals surface area contributed by atoms with Crippen molar-refractivity contribution in [3.05, 3.63) is 53.1 Å². The van der Waals surface area contributed by atoms with E-state index in [9.17, 15) is 18.3 Å². The van der Waals surface area contributed by atoms with Gasteiger partial charge in [-0.2, -0.15) is 9.41 Å². The highest BCUT2D eigenvalue weighted by Crippen LogP contribution is 2.27. The van der Waals surface area contributed by atoms with Crippen molar-refractivity contribution in [1.82, 2.24) is 9.73 Å². The van der Waals surface area contributed by atoms with Crippen molar-refractivity contribution in [3.8, 4) is 11.5 Å². The molecule has 2 aromatic rings. The summed E-state index contributed by atoms with van der Waals surface area (Å²) in [6.45, 7) is 2.44. The molecule has 0 saturated carbocycles. The lowest BCUT2D eigenvalue weighted by atomic mass is 10.2. The van der Waals surface area contributed by atoms with Crippen molar-refractivity contribution in [1.29, 1.82) is 0 Å². The molecular formula is C20H22ClN3O5S. The summed E-state index contributed by atoms with van der Waals surface area (Å²) in [7, 11) is -3.83. The smallest absolute Gasteiger partial charge is 0.258 e. The maximum atomic E-state index is 12.9. The van der Waals surface area contributed by atoms with Crippen LogP contribution >= 0.6 is 11.6 Å². The van der Waals surface area contributed by atoms with Crippen LogP contribution in [-0.4, -0.2) is 49.1 Å². The molecule has 1 aliphatic rings. The summed E-state index contributed by atoms with van der Waals surface area (Å²) in [5.41, 5.74) is 3.01. The minimum absolute atomic E-state index is 0.00652. The molecule has 8 nitrogen and oxygen atoms in total. The maximum Gasteiger partial charge on any atom is 0.258 e. The lowest BCUT2D eigenvalue weighted by Crippen LogP contribution is -2.44. The molecular weight excluding hydrogens is 430 g/mol. The summed E-state index contributed by atoms with van der Waals surface area (Å²) in [6.07, 6.45) is 2.37. The van der Waals surface area contributed by atoms with Gasteiger partial charge in [-0.3, -0.25) is 4.79 Å². The Kier molecular flexibility index (Phi) is 6.96. The average Bonchev–Trinajstić information content (AvgIpc) is 3.22. The molecule has 1 aliphatic heterocycles. The molecule has 0 radical (unpaired) electrons. The first-order valence-electron chi connectivity index (χ1n) is 9.39. The van der Waals surface area contributed by atoms with Crippen molar-refractivity contribution < 1.29 is 23.1 Å². The Morgan fingerprint density at radius 3 is 2.77 bits per heavy atom. The maximum absolute atomic E-state index is 12.9. The number of hydrogen-bond donors (Lipinski definition) is 2. The summed E-state index contributed by atoms with van der Waals surface area (Å²) < 4.78 is 32.3. The largest absolute Gasteiger partial charge is 0.504 e. The van der Waals surface area contributed by atoms with Gasteiger partial charge in [-0.05, 0) is 67.8 Å². The molecule has 1 saturated heterocycles. The van der Waals surface area contributed by atoms with Crippen molar-refractivity contribution >= 4 is 33.7 Å². The number of nitrogens with zero attached hydrogens (tertiary/aromatic N) is 2. The van der Waals surface area contributed by atoms with Gasteiger partial charge in [0.2, 0.25) is 10.0 Å². The van der Waals surface area contributed by atoms with Crippen molar-refractivity contribution in [2.24, 2.45) is 5.10 Å². The van der Waals surface area contributed by atoms with E-state index >= 15 is 0 Å². The molecule has 1 heterocycles. The zero-order valence-corrected chi connectivity index (χ0v) is 17.9. The number of hydrazone groups is 1. The summed E-state index contributed by atoms with van der Waals surface area (Å²) in [6, 6.07) is 9.65. The number of carbonyl (C=O) groups is 1. The fourth-order valence-corrected chi connectivity index (χ4v) is 4.94. The fraction of sp³-hybridized carbons (Fsp3) is 0.300. The van der Waals surface area contributed by atoms with Gasteiger partial charge in [0.15, 0.2) is 11.5 Å². The number of halogens is 1. The molecule has 1 fully saturated rings. The van der Waals surface area contributed by atoms with Gasteiger partial charge in [0.1, 0.15) is 6.04 Å². The zero-order chi connectivity index (χ0) is 21.7. The topological polar surface area (TPSA) is 108 Å². The molecule has 3 rings (SSSR count). The number of hydrogen-bond acceptors (Lipinski definition) is 6. The van der Waals surface area contributed by atoms with Crippen molar-refractivity contribution in [2.45, 2.75) is 30.7 Å². The predicted molar refractivity (Wildman–Crippen MR) is 113 cm³/mol. The van der Waals surface area contributed by atoms with Crippen LogP contribution in [0.15, 0.2) is 52.5 Å². The second-order valence-corrected chi connectivity index (χ2v) is 8.95. The second kappa shape index (κ2) is 9.46. The van der Waals surface area contributed by atoms with Crippen LogP contribution in [0.2, 0.25) is 5.02 Å². The normalized spacial score (nSPS) is 17.3.